The number of carboxylic acid groups (broad SMARTS) is 1. The van der Waals surface area contributed by atoms with E-state index in [1.807, 2.05) is 0 Å². The highest BCUT2D eigenvalue weighted by molar-refractivity contribution is 6.31. The van der Waals surface area contributed by atoms with Gasteiger partial charge in [0.25, 0.3) is 0 Å². The fourth-order valence-corrected chi connectivity index (χ4v) is 2.95. The van der Waals surface area contributed by atoms with Crippen molar-refractivity contribution in [2.75, 3.05) is 6.54 Å². The smallest absolute Gasteiger partial charge is 0.307 e. The van der Waals surface area contributed by atoms with E-state index in [0.717, 1.165) is 16.7 Å². The summed E-state index contributed by atoms with van der Waals surface area (Å²) < 4.78 is 0. The summed E-state index contributed by atoms with van der Waals surface area (Å²) in [5, 5.41) is 22.7. The summed E-state index contributed by atoms with van der Waals surface area (Å²) in [7, 11) is 0. The van der Waals surface area contributed by atoms with Crippen LogP contribution in [-0.2, 0) is 4.79 Å². The largest absolute Gasteiger partial charge is 0.507 e. The second-order valence-electron chi connectivity index (χ2n) is 4.79. The average Bonchev–Trinajstić information content (AvgIpc) is 2.75. The number of benzene rings is 1. The third-order valence-corrected chi connectivity index (χ3v) is 3.87. The van der Waals surface area contributed by atoms with Gasteiger partial charge in [-0.1, -0.05) is 11.6 Å². The molecule has 18 heavy (non-hydrogen) atoms. The van der Waals surface area contributed by atoms with Crippen molar-refractivity contribution in [2.45, 2.75) is 26.3 Å². The summed E-state index contributed by atoms with van der Waals surface area (Å²) in [4.78, 5) is 10.9. The van der Waals surface area contributed by atoms with E-state index >= 15 is 0 Å². The average molecular weight is 270 g/mol. The van der Waals surface area contributed by atoms with E-state index < -0.39 is 11.9 Å². The lowest BCUT2D eigenvalue weighted by Crippen LogP contribution is -2.17. The minimum atomic E-state index is -0.796. The molecule has 1 aromatic carbocycles. The minimum absolute atomic E-state index is 0.106. The van der Waals surface area contributed by atoms with Crippen molar-refractivity contribution in [1.29, 1.82) is 0 Å². The lowest BCUT2D eigenvalue weighted by molar-refractivity contribution is -0.141. The number of aliphatic carboxylic acids is 1. The van der Waals surface area contributed by atoms with Crippen LogP contribution in [-0.4, -0.2) is 22.7 Å². The van der Waals surface area contributed by atoms with Crippen LogP contribution in [0.2, 0.25) is 5.02 Å². The minimum Gasteiger partial charge on any atom is -0.507 e. The highest BCUT2D eigenvalue weighted by atomic mass is 35.5. The third kappa shape index (κ3) is 2.18. The SMILES string of the molecule is Cc1cc(Cl)c(C2CC(C(=O)O)CN2)c(C)c1O. The first-order valence-electron chi connectivity index (χ1n) is 5.86. The summed E-state index contributed by atoms with van der Waals surface area (Å²) >= 11 is 6.22. The van der Waals surface area contributed by atoms with Crippen molar-refractivity contribution in [3.05, 3.63) is 27.8 Å². The van der Waals surface area contributed by atoms with Gasteiger partial charge in [-0.25, -0.2) is 0 Å². The van der Waals surface area contributed by atoms with Gasteiger partial charge in [0.05, 0.1) is 5.92 Å². The molecule has 0 bridgehead atoms. The van der Waals surface area contributed by atoms with Gasteiger partial charge in [-0.15, -0.1) is 0 Å². The lowest BCUT2D eigenvalue weighted by Gasteiger charge is -2.18. The number of hydrogen-bond donors (Lipinski definition) is 3. The molecule has 1 saturated heterocycles. The van der Waals surface area contributed by atoms with Crippen LogP contribution in [0.25, 0.3) is 0 Å². The number of halogens is 1. The van der Waals surface area contributed by atoms with Crippen LogP contribution in [0.5, 0.6) is 5.75 Å². The molecule has 5 heteroatoms. The number of aryl methyl sites for hydroxylation is 1. The van der Waals surface area contributed by atoms with E-state index in [9.17, 15) is 9.90 Å². The fraction of sp³-hybridized carbons (Fsp3) is 0.462. The summed E-state index contributed by atoms with van der Waals surface area (Å²) in [6.45, 7) is 4.03. The molecule has 2 atom stereocenters. The standard InChI is InChI=1S/C13H16ClNO3/c1-6-3-9(14)11(7(2)12(6)16)10-4-8(5-15-10)13(17)18/h3,8,10,15-16H,4-5H2,1-2H3,(H,17,18). The maximum Gasteiger partial charge on any atom is 0.307 e. The molecule has 0 aromatic heterocycles. The Morgan fingerprint density at radius 2 is 2.17 bits per heavy atom. The zero-order chi connectivity index (χ0) is 13.4. The molecule has 3 N–H and O–H groups in total. The molecule has 0 aliphatic carbocycles. The number of carboxylic acids is 1. The Balaban J connectivity index is 2.36. The number of hydrogen-bond acceptors (Lipinski definition) is 3. The number of carbonyl (C=O) groups is 1. The van der Waals surface area contributed by atoms with Gasteiger partial charge in [-0.05, 0) is 43.0 Å². The summed E-state index contributed by atoms with van der Waals surface area (Å²) in [6, 6.07) is 1.61. The van der Waals surface area contributed by atoms with Gasteiger partial charge in [0, 0.05) is 17.6 Å². The molecule has 98 valence electrons. The van der Waals surface area contributed by atoms with E-state index in [-0.39, 0.29) is 11.8 Å². The van der Waals surface area contributed by atoms with Crippen LogP contribution in [0.3, 0.4) is 0 Å². The lowest BCUT2D eigenvalue weighted by atomic mass is 9.94. The van der Waals surface area contributed by atoms with Crippen molar-refractivity contribution >= 4 is 17.6 Å². The molecule has 4 nitrogen and oxygen atoms in total. The van der Waals surface area contributed by atoms with Crippen molar-refractivity contribution in [1.82, 2.24) is 5.32 Å². The monoisotopic (exact) mass is 269 g/mol. The Labute approximate surface area is 111 Å². The maximum absolute atomic E-state index is 10.9. The second kappa shape index (κ2) is 4.78. The molecule has 1 aromatic rings. The molecule has 0 radical (unpaired) electrons. The number of nitrogens with one attached hydrogen (secondary N) is 1. The van der Waals surface area contributed by atoms with Crippen LogP contribution in [0.1, 0.15) is 29.2 Å². The van der Waals surface area contributed by atoms with Gasteiger partial charge in [-0.2, -0.15) is 0 Å². The summed E-state index contributed by atoms with van der Waals surface area (Å²) in [5.74, 6) is -0.959. The van der Waals surface area contributed by atoms with Crippen LogP contribution in [0, 0.1) is 19.8 Å². The molecular weight excluding hydrogens is 254 g/mol. The molecule has 0 saturated carbocycles. The highest BCUT2D eigenvalue weighted by Gasteiger charge is 2.32. The van der Waals surface area contributed by atoms with E-state index in [4.69, 9.17) is 16.7 Å². The number of phenols is 1. The predicted octanol–water partition coefficient (Wildman–Crippen LogP) is 2.40. The third-order valence-electron chi connectivity index (χ3n) is 3.56. The molecule has 1 aliphatic heterocycles. The Kier molecular flexibility index (Phi) is 3.50. The van der Waals surface area contributed by atoms with Gasteiger partial charge in [0.1, 0.15) is 5.75 Å². The van der Waals surface area contributed by atoms with Gasteiger partial charge in [0.15, 0.2) is 0 Å². The molecule has 2 unspecified atom stereocenters. The molecule has 1 heterocycles. The number of rotatable bonds is 2. The Morgan fingerprint density at radius 1 is 1.50 bits per heavy atom. The van der Waals surface area contributed by atoms with E-state index in [1.165, 1.54) is 0 Å². The van der Waals surface area contributed by atoms with Crippen molar-refractivity contribution in [3.8, 4) is 5.75 Å². The van der Waals surface area contributed by atoms with E-state index in [0.29, 0.717) is 18.0 Å². The first-order valence-corrected chi connectivity index (χ1v) is 6.24. The van der Waals surface area contributed by atoms with Crippen LogP contribution < -0.4 is 5.32 Å². The van der Waals surface area contributed by atoms with Gasteiger partial charge < -0.3 is 15.5 Å². The summed E-state index contributed by atoms with van der Waals surface area (Å²) in [6.07, 6.45) is 0.498. The van der Waals surface area contributed by atoms with Gasteiger partial charge in [0.2, 0.25) is 0 Å². The second-order valence-corrected chi connectivity index (χ2v) is 5.20. The van der Waals surface area contributed by atoms with Crippen molar-refractivity contribution in [2.24, 2.45) is 5.92 Å². The molecule has 1 aliphatic rings. The normalized spacial score (nSPS) is 23.3. The zero-order valence-corrected chi connectivity index (χ0v) is 11.1. The number of phenolic OH excluding ortho intramolecular Hbond substituents is 1. The Hall–Kier alpha value is -1.26. The first-order chi connectivity index (χ1) is 8.41. The van der Waals surface area contributed by atoms with E-state index in [1.54, 1.807) is 19.9 Å². The highest BCUT2D eigenvalue weighted by Crippen LogP contribution is 2.38. The summed E-state index contributed by atoms with van der Waals surface area (Å²) in [5.41, 5.74) is 2.26. The molecule has 0 amide bonds. The molecule has 2 rings (SSSR count). The van der Waals surface area contributed by atoms with Crippen LogP contribution in [0.15, 0.2) is 6.07 Å². The molecule has 1 fully saturated rings. The topological polar surface area (TPSA) is 69.6 Å². The number of aromatic hydroxyl groups is 1. The van der Waals surface area contributed by atoms with Crippen molar-refractivity contribution < 1.29 is 15.0 Å². The van der Waals surface area contributed by atoms with Crippen LogP contribution >= 0.6 is 11.6 Å². The van der Waals surface area contributed by atoms with E-state index in [2.05, 4.69) is 5.32 Å². The van der Waals surface area contributed by atoms with Crippen molar-refractivity contribution in [3.63, 3.8) is 0 Å². The zero-order valence-electron chi connectivity index (χ0n) is 10.3. The first kappa shape index (κ1) is 13.2. The fourth-order valence-electron chi connectivity index (χ4n) is 2.51. The van der Waals surface area contributed by atoms with Gasteiger partial charge in [-0.3, -0.25) is 4.79 Å². The van der Waals surface area contributed by atoms with Crippen LogP contribution in [0.4, 0.5) is 0 Å². The quantitative estimate of drug-likeness (QED) is 0.771. The predicted molar refractivity (Wildman–Crippen MR) is 69.1 cm³/mol. The molecule has 0 spiro atoms. The maximum atomic E-state index is 10.9. The van der Waals surface area contributed by atoms with Gasteiger partial charge >= 0.3 is 5.97 Å². The Bertz CT molecular complexity index is 501. The molecular formula is C13H16ClNO3. The Morgan fingerprint density at radius 3 is 2.72 bits per heavy atom.